The molecule has 1 heterocycles. The first kappa shape index (κ1) is 15.7. The topological polar surface area (TPSA) is 90.0 Å². The average molecular weight is 305 g/mol. The Bertz CT molecular complexity index is 604. The van der Waals surface area contributed by atoms with Gasteiger partial charge in [-0.15, -0.1) is 0 Å². The number of rotatable bonds is 5. The SMILES string of the molecule is COC(=O)CC[C@@H](C(=O)OC)N1C(=O)c2ccccc2C1=O. The molecule has 0 saturated carbocycles. The molecule has 0 radical (unpaired) electrons. The summed E-state index contributed by atoms with van der Waals surface area (Å²) in [6.07, 6.45) is -0.158. The number of hydrogen-bond donors (Lipinski definition) is 0. The minimum absolute atomic E-state index is 0.0508. The van der Waals surface area contributed by atoms with Gasteiger partial charge in [0.15, 0.2) is 0 Å². The van der Waals surface area contributed by atoms with Crippen molar-refractivity contribution in [2.24, 2.45) is 0 Å². The highest BCUT2D eigenvalue weighted by molar-refractivity contribution is 6.22. The molecule has 2 rings (SSSR count). The maximum atomic E-state index is 12.4. The standard InChI is InChI=1S/C15H15NO6/c1-21-12(17)8-7-11(15(20)22-2)16-13(18)9-5-3-4-6-10(9)14(16)19/h3-6,11H,7-8H2,1-2H3/t11-/m0/s1. The lowest BCUT2D eigenvalue weighted by Gasteiger charge is -2.23. The zero-order valence-corrected chi connectivity index (χ0v) is 12.2. The number of ether oxygens (including phenoxy) is 2. The van der Waals surface area contributed by atoms with Gasteiger partial charge in [0.05, 0.1) is 25.3 Å². The van der Waals surface area contributed by atoms with Crippen molar-refractivity contribution in [1.29, 1.82) is 0 Å². The highest BCUT2D eigenvalue weighted by Crippen LogP contribution is 2.26. The summed E-state index contributed by atoms with van der Waals surface area (Å²) in [5, 5.41) is 0. The lowest BCUT2D eigenvalue weighted by atomic mass is 10.1. The molecule has 0 aromatic heterocycles. The third-order valence-electron chi connectivity index (χ3n) is 3.46. The van der Waals surface area contributed by atoms with Crippen molar-refractivity contribution in [2.75, 3.05) is 14.2 Å². The zero-order valence-electron chi connectivity index (χ0n) is 12.2. The summed E-state index contributed by atoms with van der Waals surface area (Å²) >= 11 is 0. The Balaban J connectivity index is 2.29. The highest BCUT2D eigenvalue weighted by atomic mass is 16.5. The molecule has 1 atom stereocenters. The molecular formula is C15H15NO6. The van der Waals surface area contributed by atoms with Crippen molar-refractivity contribution in [2.45, 2.75) is 18.9 Å². The fourth-order valence-electron chi connectivity index (χ4n) is 2.34. The molecule has 0 saturated heterocycles. The molecule has 7 nitrogen and oxygen atoms in total. The first-order chi connectivity index (χ1) is 10.5. The van der Waals surface area contributed by atoms with E-state index in [1.165, 1.54) is 19.2 Å². The molecule has 1 aliphatic heterocycles. The van der Waals surface area contributed by atoms with E-state index in [0.717, 1.165) is 12.0 Å². The van der Waals surface area contributed by atoms with E-state index in [4.69, 9.17) is 0 Å². The molecule has 1 aromatic rings. The Morgan fingerprint density at radius 2 is 1.59 bits per heavy atom. The van der Waals surface area contributed by atoms with Gasteiger partial charge in [0, 0.05) is 6.42 Å². The van der Waals surface area contributed by atoms with Crippen molar-refractivity contribution in [3.05, 3.63) is 35.4 Å². The van der Waals surface area contributed by atoms with E-state index in [1.807, 2.05) is 0 Å². The van der Waals surface area contributed by atoms with E-state index >= 15 is 0 Å². The first-order valence-electron chi connectivity index (χ1n) is 6.62. The number of fused-ring (bicyclic) bond motifs is 1. The van der Waals surface area contributed by atoms with Crippen LogP contribution in [-0.2, 0) is 19.1 Å². The van der Waals surface area contributed by atoms with Gasteiger partial charge in [0.2, 0.25) is 0 Å². The van der Waals surface area contributed by atoms with Crippen LogP contribution in [0.5, 0.6) is 0 Å². The lowest BCUT2D eigenvalue weighted by Crippen LogP contribution is -2.45. The van der Waals surface area contributed by atoms with E-state index < -0.39 is 29.8 Å². The number of hydrogen-bond acceptors (Lipinski definition) is 6. The lowest BCUT2D eigenvalue weighted by molar-refractivity contribution is -0.146. The Kier molecular flexibility index (Phi) is 4.55. The van der Waals surface area contributed by atoms with Crippen molar-refractivity contribution in [3.8, 4) is 0 Å². The van der Waals surface area contributed by atoms with Crippen LogP contribution >= 0.6 is 0 Å². The van der Waals surface area contributed by atoms with Gasteiger partial charge >= 0.3 is 11.9 Å². The second kappa shape index (κ2) is 6.38. The van der Waals surface area contributed by atoms with Gasteiger partial charge in [-0.1, -0.05) is 12.1 Å². The van der Waals surface area contributed by atoms with Crippen LogP contribution in [0.25, 0.3) is 0 Å². The molecule has 7 heteroatoms. The number of esters is 2. The van der Waals surface area contributed by atoms with Gasteiger partial charge in [-0.25, -0.2) is 4.79 Å². The molecule has 2 amide bonds. The van der Waals surface area contributed by atoms with E-state index in [1.54, 1.807) is 12.1 Å². The van der Waals surface area contributed by atoms with E-state index in [9.17, 15) is 19.2 Å². The number of amides is 2. The second-order valence-electron chi connectivity index (χ2n) is 4.68. The van der Waals surface area contributed by atoms with E-state index in [0.29, 0.717) is 0 Å². The molecule has 0 N–H and O–H groups in total. The third-order valence-corrected chi connectivity index (χ3v) is 3.46. The second-order valence-corrected chi connectivity index (χ2v) is 4.68. The van der Waals surface area contributed by atoms with Gasteiger partial charge in [0.25, 0.3) is 11.8 Å². The molecule has 0 spiro atoms. The highest BCUT2D eigenvalue weighted by Gasteiger charge is 2.43. The number of benzene rings is 1. The van der Waals surface area contributed by atoms with Gasteiger partial charge in [-0.2, -0.15) is 0 Å². The molecule has 22 heavy (non-hydrogen) atoms. The Morgan fingerprint density at radius 3 is 2.05 bits per heavy atom. The maximum absolute atomic E-state index is 12.4. The smallest absolute Gasteiger partial charge is 0.329 e. The van der Waals surface area contributed by atoms with Crippen molar-refractivity contribution in [3.63, 3.8) is 0 Å². The Hall–Kier alpha value is -2.70. The Labute approximate surface area is 126 Å². The van der Waals surface area contributed by atoms with Crippen LogP contribution in [0.1, 0.15) is 33.6 Å². The van der Waals surface area contributed by atoms with Crippen LogP contribution in [0.15, 0.2) is 24.3 Å². The zero-order chi connectivity index (χ0) is 16.3. The first-order valence-corrected chi connectivity index (χ1v) is 6.62. The molecule has 1 aromatic carbocycles. The number of carbonyl (C=O) groups is 4. The van der Waals surface area contributed by atoms with Gasteiger partial charge in [0.1, 0.15) is 6.04 Å². The normalized spacial score (nSPS) is 14.5. The predicted molar refractivity (Wildman–Crippen MR) is 74.0 cm³/mol. The van der Waals surface area contributed by atoms with Crippen molar-refractivity contribution in [1.82, 2.24) is 4.90 Å². The molecule has 0 bridgehead atoms. The van der Waals surface area contributed by atoms with Gasteiger partial charge in [-0.3, -0.25) is 19.3 Å². The van der Waals surface area contributed by atoms with E-state index in [2.05, 4.69) is 9.47 Å². The monoisotopic (exact) mass is 305 g/mol. The number of carbonyl (C=O) groups excluding carboxylic acids is 4. The number of methoxy groups -OCH3 is 2. The van der Waals surface area contributed by atoms with Crippen molar-refractivity contribution >= 4 is 23.8 Å². The predicted octanol–water partition coefficient (Wildman–Crippen LogP) is 0.777. The van der Waals surface area contributed by atoms with Crippen LogP contribution in [-0.4, -0.2) is 48.9 Å². The fraction of sp³-hybridized carbons (Fsp3) is 0.333. The largest absolute Gasteiger partial charge is 0.469 e. The van der Waals surface area contributed by atoms with Gasteiger partial charge < -0.3 is 9.47 Å². The molecule has 116 valence electrons. The minimum atomic E-state index is -1.16. The summed E-state index contributed by atoms with van der Waals surface area (Å²) in [4.78, 5) is 48.8. The average Bonchev–Trinajstić information content (AvgIpc) is 2.79. The summed E-state index contributed by atoms with van der Waals surface area (Å²) in [6, 6.07) is 5.15. The van der Waals surface area contributed by atoms with Crippen LogP contribution in [0, 0.1) is 0 Å². The van der Waals surface area contributed by atoms with Crippen LogP contribution in [0.4, 0.5) is 0 Å². The summed E-state index contributed by atoms with van der Waals surface area (Å²) in [7, 11) is 2.38. The maximum Gasteiger partial charge on any atom is 0.329 e. The Morgan fingerprint density at radius 1 is 1.05 bits per heavy atom. The summed E-state index contributed by atoms with van der Waals surface area (Å²) in [5.41, 5.74) is 0.471. The fourth-order valence-corrected chi connectivity index (χ4v) is 2.34. The van der Waals surface area contributed by atoms with Crippen LogP contribution in [0.2, 0.25) is 0 Å². The number of nitrogens with zero attached hydrogens (tertiary/aromatic N) is 1. The molecular weight excluding hydrogens is 290 g/mol. The summed E-state index contributed by atoms with van der Waals surface area (Å²) in [6.45, 7) is 0. The van der Waals surface area contributed by atoms with Crippen LogP contribution < -0.4 is 0 Å². The summed E-state index contributed by atoms with van der Waals surface area (Å²) < 4.78 is 9.16. The minimum Gasteiger partial charge on any atom is -0.469 e. The third kappa shape index (κ3) is 2.69. The molecule has 1 aliphatic rings. The summed E-state index contributed by atoms with van der Waals surface area (Å²) in [5.74, 6) is -2.43. The quantitative estimate of drug-likeness (QED) is 0.590. The van der Waals surface area contributed by atoms with E-state index in [-0.39, 0.29) is 24.0 Å². The van der Waals surface area contributed by atoms with Crippen molar-refractivity contribution < 1.29 is 28.7 Å². The molecule has 0 fully saturated rings. The number of imide groups is 1. The van der Waals surface area contributed by atoms with Crippen LogP contribution in [0.3, 0.4) is 0 Å². The molecule has 0 unspecified atom stereocenters. The van der Waals surface area contributed by atoms with Gasteiger partial charge in [-0.05, 0) is 18.6 Å². The molecule has 0 aliphatic carbocycles.